The lowest BCUT2D eigenvalue weighted by molar-refractivity contribution is -0.881. The van der Waals surface area contributed by atoms with Gasteiger partial charge in [0.25, 0.3) is 0 Å². The van der Waals surface area contributed by atoms with E-state index in [1.807, 2.05) is 30.3 Å². The minimum absolute atomic E-state index is 0.0574. The Hall–Kier alpha value is -2.68. The number of hydrogen-bond acceptors (Lipinski definition) is 5. The van der Waals surface area contributed by atoms with Crippen LogP contribution in [0.25, 0.3) is 0 Å². The molecular formula is C24H29N2O5S+. The number of hydrogen-bond donors (Lipinski definition) is 2. The smallest absolute Gasteiger partial charge is 0.421 e. The number of benzene rings is 2. The number of thioether (sulfide) groups is 1. The molecule has 2 aromatic carbocycles. The quantitative estimate of drug-likeness (QED) is 0.341. The van der Waals surface area contributed by atoms with Crippen LogP contribution in [0.15, 0.2) is 59.5 Å². The van der Waals surface area contributed by atoms with Gasteiger partial charge in [-0.15, -0.1) is 11.8 Å². The Balaban J connectivity index is 1.56. The summed E-state index contributed by atoms with van der Waals surface area (Å²) in [5.74, 6) is -1.27. The highest BCUT2D eigenvalue weighted by Crippen LogP contribution is 2.30. The van der Waals surface area contributed by atoms with Crippen molar-refractivity contribution in [1.82, 2.24) is 4.90 Å². The summed E-state index contributed by atoms with van der Waals surface area (Å²) in [5, 5.41) is 20.1. The second-order valence-corrected chi connectivity index (χ2v) is 9.82. The number of carbonyl (C=O) groups excluding carboxylic acids is 2. The van der Waals surface area contributed by atoms with Crippen LogP contribution in [0.2, 0.25) is 0 Å². The van der Waals surface area contributed by atoms with Crippen LogP contribution in [-0.2, 0) is 4.79 Å². The highest BCUT2D eigenvalue weighted by molar-refractivity contribution is 7.99. The van der Waals surface area contributed by atoms with Crippen LogP contribution >= 0.6 is 11.8 Å². The highest BCUT2D eigenvalue weighted by atomic mass is 32.2. The summed E-state index contributed by atoms with van der Waals surface area (Å²) in [6.07, 6.45) is 0.300. The van der Waals surface area contributed by atoms with Crippen molar-refractivity contribution in [2.75, 3.05) is 32.9 Å². The molecule has 1 heterocycles. The number of urea groups is 1. The highest BCUT2D eigenvalue weighted by Gasteiger charge is 2.56. The Morgan fingerprint density at radius 1 is 1.09 bits per heavy atom. The number of β-amino-alcohol motifs (C(OH)–C–C–N with tert-alkyl or cyclic N) is 1. The zero-order chi connectivity index (χ0) is 23.5. The first kappa shape index (κ1) is 24.0. The van der Waals surface area contributed by atoms with E-state index in [0.717, 1.165) is 4.90 Å². The number of carbonyl (C=O) groups is 3. The second kappa shape index (κ2) is 9.44. The van der Waals surface area contributed by atoms with E-state index in [-0.39, 0.29) is 29.4 Å². The number of ketones is 1. The summed E-state index contributed by atoms with van der Waals surface area (Å²) in [4.78, 5) is 39.2. The van der Waals surface area contributed by atoms with Crippen molar-refractivity contribution >= 4 is 29.5 Å². The molecule has 7 nitrogen and oxygen atoms in total. The second-order valence-electron chi connectivity index (χ2n) is 8.73. The average Bonchev–Trinajstić information content (AvgIpc) is 2.92. The molecule has 2 unspecified atom stereocenters. The predicted molar refractivity (Wildman–Crippen MR) is 122 cm³/mol. The molecule has 2 amide bonds. The molecular weight excluding hydrogens is 428 g/mol. The van der Waals surface area contributed by atoms with Gasteiger partial charge >= 0.3 is 12.0 Å². The molecule has 170 valence electrons. The van der Waals surface area contributed by atoms with Gasteiger partial charge in [0.15, 0.2) is 5.78 Å². The Bertz CT molecular complexity index is 989. The summed E-state index contributed by atoms with van der Waals surface area (Å²) < 4.78 is -0.173. The van der Waals surface area contributed by atoms with Gasteiger partial charge in [-0.25, -0.2) is 9.28 Å². The first-order valence-electron chi connectivity index (χ1n) is 10.4. The molecule has 1 fully saturated rings. The molecule has 0 spiro atoms. The molecule has 3 rings (SSSR count). The lowest BCUT2D eigenvalue weighted by Gasteiger charge is -2.31. The Morgan fingerprint density at radius 2 is 1.69 bits per heavy atom. The lowest BCUT2D eigenvalue weighted by atomic mass is 10.0. The van der Waals surface area contributed by atoms with Crippen LogP contribution in [-0.4, -0.2) is 76.0 Å². The van der Waals surface area contributed by atoms with E-state index in [1.54, 1.807) is 45.3 Å². The average molecular weight is 458 g/mol. The fraction of sp³-hybridized carbons (Fsp3) is 0.375. The third kappa shape index (κ3) is 5.03. The maximum Gasteiger partial charge on any atom is 0.421 e. The number of likely N-dealkylation sites (N-methyl/N-ethyl adjacent to an activating group) is 1. The molecule has 8 heteroatoms. The summed E-state index contributed by atoms with van der Waals surface area (Å²) in [6, 6.07) is 16.0. The molecule has 2 N–H and O–H groups in total. The molecule has 0 radical (unpaired) electrons. The first-order chi connectivity index (χ1) is 15.0. The largest absolute Gasteiger partial charge is 0.481 e. The van der Waals surface area contributed by atoms with Crippen molar-refractivity contribution in [1.29, 1.82) is 0 Å². The standard InChI is InChI=1S/C24H28N2O5S/c1-24(31)16-25(23(30)26(24,2)3)14-13-19(22(28)29)15-32-20-11-9-18(10-12-20)21(27)17-7-5-4-6-8-17/h4-12,19,31H,13-16H2,1-3H3/p+1. The van der Waals surface area contributed by atoms with Gasteiger partial charge in [-0.3, -0.25) is 14.5 Å². The number of aliphatic hydroxyl groups is 1. The predicted octanol–water partition coefficient (Wildman–Crippen LogP) is 3.32. The third-order valence-corrected chi connectivity index (χ3v) is 7.32. The van der Waals surface area contributed by atoms with E-state index in [9.17, 15) is 24.6 Å². The molecule has 0 aliphatic carbocycles. The summed E-state index contributed by atoms with van der Waals surface area (Å²) >= 11 is 1.41. The van der Waals surface area contributed by atoms with Gasteiger partial charge in [-0.1, -0.05) is 30.3 Å². The van der Waals surface area contributed by atoms with Crippen molar-refractivity contribution in [3.05, 3.63) is 65.7 Å². The topological polar surface area (TPSA) is 94.9 Å². The number of aliphatic carboxylic acids is 1. The molecule has 2 aromatic rings. The van der Waals surface area contributed by atoms with Gasteiger partial charge in [0.2, 0.25) is 5.72 Å². The molecule has 0 aromatic heterocycles. The zero-order valence-corrected chi connectivity index (χ0v) is 19.3. The zero-order valence-electron chi connectivity index (χ0n) is 18.5. The lowest BCUT2D eigenvalue weighted by Crippen LogP contribution is -2.56. The maximum absolute atomic E-state index is 12.6. The third-order valence-electron chi connectivity index (χ3n) is 6.14. The molecule has 1 aliphatic heterocycles. The minimum atomic E-state index is -1.20. The van der Waals surface area contributed by atoms with Crippen molar-refractivity contribution in [3.8, 4) is 0 Å². The summed E-state index contributed by atoms with van der Waals surface area (Å²) in [7, 11) is 3.30. The van der Waals surface area contributed by atoms with E-state index < -0.39 is 17.6 Å². The van der Waals surface area contributed by atoms with E-state index in [0.29, 0.717) is 23.3 Å². The number of quaternary nitrogens is 1. The molecule has 1 saturated heterocycles. The monoisotopic (exact) mass is 457 g/mol. The molecule has 0 bridgehead atoms. The first-order valence-corrected chi connectivity index (χ1v) is 11.4. The number of nitrogens with zero attached hydrogens (tertiary/aromatic N) is 2. The van der Waals surface area contributed by atoms with Crippen LogP contribution in [0.1, 0.15) is 29.3 Å². The van der Waals surface area contributed by atoms with E-state index >= 15 is 0 Å². The molecule has 1 aliphatic rings. The minimum Gasteiger partial charge on any atom is -0.481 e. The molecule has 2 atom stereocenters. The maximum atomic E-state index is 12.6. The van der Waals surface area contributed by atoms with Crippen LogP contribution in [0, 0.1) is 5.92 Å². The van der Waals surface area contributed by atoms with Crippen LogP contribution < -0.4 is 0 Å². The van der Waals surface area contributed by atoms with Gasteiger partial charge in [-0.2, -0.15) is 0 Å². The fourth-order valence-electron chi connectivity index (χ4n) is 3.59. The van der Waals surface area contributed by atoms with Gasteiger partial charge in [-0.05, 0) is 30.7 Å². The van der Waals surface area contributed by atoms with Crippen molar-refractivity contribution in [2.45, 2.75) is 24.0 Å². The fourth-order valence-corrected chi connectivity index (χ4v) is 4.62. The molecule has 0 saturated carbocycles. The Kier molecular flexibility index (Phi) is 7.07. The van der Waals surface area contributed by atoms with Gasteiger partial charge < -0.3 is 10.2 Å². The van der Waals surface area contributed by atoms with Crippen LogP contribution in [0.4, 0.5) is 4.79 Å². The van der Waals surface area contributed by atoms with Gasteiger partial charge in [0.1, 0.15) is 6.54 Å². The van der Waals surface area contributed by atoms with Crippen molar-refractivity contribution < 1.29 is 29.1 Å². The number of rotatable bonds is 9. The number of carboxylic acid groups (broad SMARTS) is 1. The Morgan fingerprint density at radius 3 is 2.22 bits per heavy atom. The van der Waals surface area contributed by atoms with Gasteiger partial charge in [0, 0.05) is 35.2 Å². The van der Waals surface area contributed by atoms with Crippen molar-refractivity contribution in [3.63, 3.8) is 0 Å². The summed E-state index contributed by atoms with van der Waals surface area (Å²) in [6.45, 7) is 2.07. The van der Waals surface area contributed by atoms with Crippen LogP contribution in [0.3, 0.4) is 0 Å². The van der Waals surface area contributed by atoms with E-state index in [4.69, 9.17) is 0 Å². The van der Waals surface area contributed by atoms with Crippen LogP contribution in [0.5, 0.6) is 0 Å². The van der Waals surface area contributed by atoms with Gasteiger partial charge in [0.05, 0.1) is 20.0 Å². The molecule has 32 heavy (non-hydrogen) atoms. The Labute approximate surface area is 192 Å². The van der Waals surface area contributed by atoms with Crippen molar-refractivity contribution in [2.24, 2.45) is 5.92 Å². The number of carboxylic acids is 1. The number of amides is 2. The van der Waals surface area contributed by atoms with E-state index in [1.165, 1.54) is 16.7 Å². The van der Waals surface area contributed by atoms with E-state index in [2.05, 4.69) is 0 Å². The summed E-state index contributed by atoms with van der Waals surface area (Å²) in [5.41, 5.74) is -0.00418. The normalized spacial score (nSPS) is 20.9. The SMILES string of the molecule is CC1(O)CN(CCC(CSc2ccc(C(=O)c3ccccc3)cc2)C(=O)O)C(=O)[N+]1(C)C.